The molecule has 0 saturated heterocycles. The second kappa shape index (κ2) is 4.67. The van der Waals surface area contributed by atoms with Crippen LogP contribution < -0.4 is 5.73 Å². The maximum atomic E-state index is 13.1. The summed E-state index contributed by atoms with van der Waals surface area (Å²) < 4.78 is 14.0. The Balaban J connectivity index is 2.40. The number of nitrogens with two attached hydrogens (primary N) is 1. The van der Waals surface area contributed by atoms with E-state index in [0.717, 1.165) is 4.47 Å². The van der Waals surface area contributed by atoms with Crippen LogP contribution in [0.2, 0.25) is 0 Å². The molecular weight excluding hydrogens is 285 g/mol. The van der Waals surface area contributed by atoms with Gasteiger partial charge in [0.1, 0.15) is 5.82 Å². The molecule has 17 heavy (non-hydrogen) atoms. The van der Waals surface area contributed by atoms with E-state index in [2.05, 4.69) is 15.9 Å². The Labute approximate surface area is 106 Å². The second-order valence-electron chi connectivity index (χ2n) is 3.61. The monoisotopic (exact) mass is 293 g/mol. The lowest BCUT2D eigenvalue weighted by Gasteiger charge is -2.03. The summed E-state index contributed by atoms with van der Waals surface area (Å²) >= 11 is 3.28. The van der Waals surface area contributed by atoms with Gasteiger partial charge in [0.25, 0.3) is 0 Å². The minimum absolute atomic E-state index is 0.241. The average molecular weight is 294 g/mol. The van der Waals surface area contributed by atoms with Gasteiger partial charge in [-0.3, -0.25) is 4.79 Å². The molecule has 0 aliphatic heterocycles. The number of carbonyl (C=O) groups excluding carboxylic acids is 1. The lowest BCUT2D eigenvalue weighted by Crippen LogP contribution is -2.02. The molecule has 0 radical (unpaired) electrons. The van der Waals surface area contributed by atoms with E-state index in [0.29, 0.717) is 5.56 Å². The Kier molecular flexibility index (Phi) is 3.24. The molecule has 2 aromatic carbocycles. The van der Waals surface area contributed by atoms with Crippen LogP contribution in [0.3, 0.4) is 0 Å². The molecular formula is C13H9BrFNO. The van der Waals surface area contributed by atoms with Crippen LogP contribution in [0.5, 0.6) is 0 Å². The molecule has 4 heteroatoms. The van der Waals surface area contributed by atoms with E-state index in [1.165, 1.54) is 18.2 Å². The third-order valence-corrected chi connectivity index (χ3v) is 2.82. The topological polar surface area (TPSA) is 43.1 Å². The molecule has 0 amide bonds. The Bertz CT molecular complexity index is 546. The summed E-state index contributed by atoms with van der Waals surface area (Å²) in [4.78, 5) is 12.0. The van der Waals surface area contributed by atoms with Crippen molar-refractivity contribution < 1.29 is 9.18 Å². The fourth-order valence-electron chi connectivity index (χ4n) is 1.51. The number of ketones is 1. The molecule has 0 fully saturated rings. The maximum Gasteiger partial charge on any atom is 0.193 e. The molecule has 0 atom stereocenters. The lowest BCUT2D eigenvalue weighted by atomic mass is 10.0. The van der Waals surface area contributed by atoms with Gasteiger partial charge in [-0.05, 0) is 42.5 Å². The molecule has 2 aromatic rings. The zero-order valence-corrected chi connectivity index (χ0v) is 10.4. The number of benzene rings is 2. The highest BCUT2D eigenvalue weighted by Crippen LogP contribution is 2.17. The van der Waals surface area contributed by atoms with E-state index in [-0.39, 0.29) is 17.0 Å². The molecule has 0 aliphatic carbocycles. The summed E-state index contributed by atoms with van der Waals surface area (Å²) in [7, 11) is 0. The van der Waals surface area contributed by atoms with Crippen molar-refractivity contribution in [2.45, 2.75) is 0 Å². The van der Waals surface area contributed by atoms with Crippen molar-refractivity contribution in [3.8, 4) is 0 Å². The predicted octanol–water partition coefficient (Wildman–Crippen LogP) is 3.40. The number of halogens is 2. The minimum atomic E-state index is -0.509. The van der Waals surface area contributed by atoms with Crippen molar-refractivity contribution in [3.05, 3.63) is 63.9 Å². The van der Waals surface area contributed by atoms with Crippen LogP contribution in [0.15, 0.2) is 46.9 Å². The fraction of sp³-hybridized carbons (Fsp3) is 0. The molecule has 86 valence electrons. The molecule has 2 nitrogen and oxygen atoms in total. The maximum absolute atomic E-state index is 13.1. The number of hydrogen-bond donors (Lipinski definition) is 1. The van der Waals surface area contributed by atoms with Crippen LogP contribution in [0.1, 0.15) is 15.9 Å². The highest BCUT2D eigenvalue weighted by atomic mass is 79.9. The molecule has 0 aromatic heterocycles. The van der Waals surface area contributed by atoms with Gasteiger partial charge in [-0.1, -0.05) is 15.9 Å². The van der Waals surface area contributed by atoms with Crippen LogP contribution in [0, 0.1) is 5.82 Å². The third kappa shape index (κ3) is 2.71. The Morgan fingerprint density at radius 3 is 2.29 bits per heavy atom. The van der Waals surface area contributed by atoms with Gasteiger partial charge >= 0.3 is 0 Å². The zero-order chi connectivity index (χ0) is 12.4. The standard InChI is InChI=1S/C13H9BrFNO/c14-10-3-1-8(2-4-10)13(17)9-5-11(15)7-12(16)6-9/h1-7H,16H2. The molecule has 0 aliphatic rings. The first-order chi connectivity index (χ1) is 8.06. The van der Waals surface area contributed by atoms with E-state index >= 15 is 0 Å². The van der Waals surface area contributed by atoms with Crippen molar-refractivity contribution in [3.63, 3.8) is 0 Å². The van der Waals surface area contributed by atoms with Crippen molar-refractivity contribution in [2.24, 2.45) is 0 Å². The van der Waals surface area contributed by atoms with Crippen molar-refractivity contribution >= 4 is 27.4 Å². The lowest BCUT2D eigenvalue weighted by molar-refractivity contribution is 0.103. The molecule has 0 heterocycles. The summed E-state index contributed by atoms with van der Waals surface area (Å²) in [6.45, 7) is 0. The second-order valence-corrected chi connectivity index (χ2v) is 4.52. The minimum Gasteiger partial charge on any atom is -0.399 e. The van der Waals surface area contributed by atoms with E-state index in [1.54, 1.807) is 24.3 Å². The van der Waals surface area contributed by atoms with Gasteiger partial charge in [-0.2, -0.15) is 0 Å². The summed E-state index contributed by atoms with van der Waals surface area (Å²) in [6, 6.07) is 10.7. The largest absolute Gasteiger partial charge is 0.399 e. The van der Waals surface area contributed by atoms with Gasteiger partial charge in [-0.15, -0.1) is 0 Å². The van der Waals surface area contributed by atoms with Crippen molar-refractivity contribution in [1.82, 2.24) is 0 Å². The van der Waals surface area contributed by atoms with Crippen LogP contribution >= 0.6 is 15.9 Å². The number of rotatable bonds is 2. The third-order valence-electron chi connectivity index (χ3n) is 2.29. The van der Waals surface area contributed by atoms with E-state index in [4.69, 9.17) is 5.73 Å². The first kappa shape index (κ1) is 11.8. The predicted molar refractivity (Wildman–Crippen MR) is 68.4 cm³/mol. The molecule has 0 unspecified atom stereocenters. The Hall–Kier alpha value is -1.68. The highest BCUT2D eigenvalue weighted by Gasteiger charge is 2.10. The van der Waals surface area contributed by atoms with Gasteiger partial charge in [0.2, 0.25) is 0 Å². The highest BCUT2D eigenvalue weighted by molar-refractivity contribution is 9.10. The van der Waals surface area contributed by atoms with Gasteiger partial charge < -0.3 is 5.73 Å². The van der Waals surface area contributed by atoms with Crippen LogP contribution in [-0.2, 0) is 0 Å². The van der Waals surface area contributed by atoms with E-state index in [1.807, 2.05) is 0 Å². The van der Waals surface area contributed by atoms with Crippen LogP contribution in [0.25, 0.3) is 0 Å². The summed E-state index contributed by atoms with van der Waals surface area (Å²) in [6.07, 6.45) is 0. The first-order valence-electron chi connectivity index (χ1n) is 4.92. The Morgan fingerprint density at radius 2 is 1.71 bits per heavy atom. The van der Waals surface area contributed by atoms with Gasteiger partial charge in [0.15, 0.2) is 5.78 Å². The summed E-state index contributed by atoms with van der Waals surface area (Å²) in [5.74, 6) is -0.755. The van der Waals surface area contributed by atoms with Crippen LogP contribution in [-0.4, -0.2) is 5.78 Å². The molecule has 0 saturated carbocycles. The smallest absolute Gasteiger partial charge is 0.193 e. The molecule has 0 spiro atoms. The van der Waals surface area contributed by atoms with Crippen molar-refractivity contribution in [2.75, 3.05) is 5.73 Å². The van der Waals surface area contributed by atoms with Gasteiger partial charge in [0, 0.05) is 21.3 Å². The van der Waals surface area contributed by atoms with Crippen LogP contribution in [0.4, 0.5) is 10.1 Å². The van der Waals surface area contributed by atoms with Gasteiger partial charge in [0.05, 0.1) is 0 Å². The molecule has 0 bridgehead atoms. The average Bonchev–Trinajstić information content (AvgIpc) is 2.28. The molecule has 2 N–H and O–H groups in total. The normalized spacial score (nSPS) is 10.2. The quantitative estimate of drug-likeness (QED) is 0.681. The Morgan fingerprint density at radius 1 is 1.06 bits per heavy atom. The number of hydrogen-bond acceptors (Lipinski definition) is 2. The fourth-order valence-corrected chi connectivity index (χ4v) is 1.78. The summed E-state index contributed by atoms with van der Waals surface area (Å²) in [5.41, 5.74) is 6.49. The van der Waals surface area contributed by atoms with Gasteiger partial charge in [-0.25, -0.2) is 4.39 Å². The van der Waals surface area contributed by atoms with E-state index in [9.17, 15) is 9.18 Å². The molecule has 2 rings (SSSR count). The number of anilines is 1. The summed E-state index contributed by atoms with van der Waals surface area (Å²) in [5, 5.41) is 0. The first-order valence-corrected chi connectivity index (χ1v) is 5.72. The number of carbonyl (C=O) groups is 1. The van der Waals surface area contributed by atoms with E-state index < -0.39 is 5.82 Å². The number of nitrogen functional groups attached to an aromatic ring is 1. The zero-order valence-electron chi connectivity index (χ0n) is 8.78. The van der Waals surface area contributed by atoms with Crippen molar-refractivity contribution in [1.29, 1.82) is 0 Å². The SMILES string of the molecule is Nc1cc(F)cc(C(=O)c2ccc(Br)cc2)c1.